The average Bonchev–Trinajstić information content (AvgIpc) is 2.70. The molecule has 0 amide bonds. The summed E-state index contributed by atoms with van der Waals surface area (Å²) in [6.07, 6.45) is 1.70. The fraction of sp³-hybridized carbons (Fsp3) is 0.769. The maximum atomic E-state index is 12.6. The Kier molecular flexibility index (Phi) is 7.47. The molecule has 186 valence electrons. The highest BCUT2D eigenvalue weighted by molar-refractivity contribution is 5.70. The summed E-state index contributed by atoms with van der Waals surface area (Å²) in [5.41, 5.74) is 0.176. The number of aliphatic hydroxyl groups excluding tert-OH is 1. The van der Waals surface area contributed by atoms with E-state index in [0.29, 0.717) is 36.8 Å². The van der Waals surface area contributed by atoms with Crippen molar-refractivity contribution >= 4 is 11.9 Å². The molecule has 1 saturated carbocycles. The topological polar surface area (TPSA) is 102 Å². The first-order valence-electron chi connectivity index (χ1n) is 12.2. The summed E-state index contributed by atoms with van der Waals surface area (Å²) in [6.45, 7) is 15.3. The van der Waals surface area contributed by atoms with E-state index in [2.05, 4.69) is 20.4 Å². The van der Waals surface area contributed by atoms with Crippen LogP contribution in [-0.4, -0.2) is 51.9 Å². The largest absolute Gasteiger partial charge is 0.458 e. The van der Waals surface area contributed by atoms with Crippen molar-refractivity contribution in [3.05, 3.63) is 23.8 Å². The number of carbonyl (C=O) groups is 2. The van der Waals surface area contributed by atoms with Crippen molar-refractivity contribution in [2.75, 3.05) is 0 Å². The highest BCUT2D eigenvalue weighted by atomic mass is 16.7. The number of carbonyl (C=O) groups excluding carboxylic acids is 2. The molecule has 3 aliphatic rings. The molecule has 8 atom stereocenters. The normalized spacial score (nSPS) is 42.5. The van der Waals surface area contributed by atoms with Gasteiger partial charge in [0.15, 0.2) is 5.79 Å². The Morgan fingerprint density at radius 2 is 2.00 bits per heavy atom. The zero-order valence-electron chi connectivity index (χ0n) is 20.8. The van der Waals surface area contributed by atoms with E-state index in [1.807, 2.05) is 13.8 Å². The van der Waals surface area contributed by atoms with Crippen LogP contribution in [-0.2, 0) is 23.8 Å². The number of hydrogen-bond donors (Lipinski definition) is 2. The van der Waals surface area contributed by atoms with Crippen LogP contribution in [0.1, 0.15) is 73.6 Å². The number of fused-ring (bicyclic) bond motifs is 4. The first-order valence-corrected chi connectivity index (χ1v) is 12.2. The van der Waals surface area contributed by atoms with E-state index in [1.165, 1.54) is 6.92 Å². The summed E-state index contributed by atoms with van der Waals surface area (Å²) < 4.78 is 18.1. The second-order valence-corrected chi connectivity index (χ2v) is 10.6. The quantitative estimate of drug-likeness (QED) is 0.473. The summed E-state index contributed by atoms with van der Waals surface area (Å²) >= 11 is 0. The van der Waals surface area contributed by atoms with Crippen LogP contribution in [0, 0.1) is 23.7 Å². The first kappa shape index (κ1) is 25.9. The molecule has 2 bridgehead atoms. The predicted molar refractivity (Wildman–Crippen MR) is 123 cm³/mol. The molecule has 7 heteroatoms. The molecule has 0 unspecified atom stereocenters. The second-order valence-electron chi connectivity index (χ2n) is 10.6. The van der Waals surface area contributed by atoms with Crippen LogP contribution in [0.15, 0.2) is 23.8 Å². The average molecular weight is 465 g/mol. The number of esters is 2. The molecule has 1 aliphatic carbocycles. The van der Waals surface area contributed by atoms with E-state index in [9.17, 15) is 19.8 Å². The Labute approximate surface area is 197 Å². The molecule has 0 aromatic rings. The molecule has 0 spiro atoms. The molecule has 0 aromatic heterocycles. The highest BCUT2D eigenvalue weighted by Crippen LogP contribution is 2.54. The smallest absolute Gasteiger partial charge is 0.306 e. The zero-order chi connectivity index (χ0) is 24.7. The molecular formula is C26H40O7. The highest BCUT2D eigenvalue weighted by Gasteiger charge is 2.60. The van der Waals surface area contributed by atoms with Gasteiger partial charge < -0.3 is 24.4 Å². The number of aliphatic hydroxyl groups is 2. The van der Waals surface area contributed by atoms with E-state index in [1.54, 1.807) is 13.0 Å². The van der Waals surface area contributed by atoms with Crippen LogP contribution in [0.5, 0.6) is 0 Å². The molecular weight excluding hydrogens is 424 g/mol. The van der Waals surface area contributed by atoms with Gasteiger partial charge in [-0.25, -0.2) is 0 Å². The third-order valence-corrected chi connectivity index (χ3v) is 7.84. The number of hydrogen-bond acceptors (Lipinski definition) is 7. The SMILES string of the molecule is C=C1[C@@H]2[C@H]([C@H](C(C)C)C[C@H]1OC(C)=O)[C@@H]1O[C@@](O)(CC[C@]1(C)OC(=O)CCC)/C(C)=C\[C@H]2O. The molecule has 33 heavy (non-hydrogen) atoms. The third-order valence-electron chi connectivity index (χ3n) is 7.84. The molecule has 3 rings (SSSR count). The Balaban J connectivity index is 2.14. The summed E-state index contributed by atoms with van der Waals surface area (Å²) in [4.78, 5) is 24.4. The van der Waals surface area contributed by atoms with E-state index in [-0.39, 0.29) is 30.1 Å². The molecule has 7 nitrogen and oxygen atoms in total. The van der Waals surface area contributed by atoms with Crippen molar-refractivity contribution in [1.82, 2.24) is 0 Å². The van der Waals surface area contributed by atoms with E-state index < -0.39 is 41.6 Å². The standard InChI is InChI=1S/C26H40O7/c1-8-9-21(29)32-25(7)10-11-26(30)15(4)12-19(28)22-16(5)20(31-17(6)27)13-18(14(2)3)23(22)24(25)33-26/h12,14,18-20,22-24,28,30H,5,8-11,13H2,1-4,6-7H3/b15-12-/t18-,19+,20+,22-,23-,24-,25-,26-/m0/s1. The van der Waals surface area contributed by atoms with Crippen molar-refractivity contribution < 1.29 is 34.0 Å². The Hall–Kier alpha value is -1.70. The minimum Gasteiger partial charge on any atom is -0.458 e. The van der Waals surface area contributed by atoms with Crippen molar-refractivity contribution in [1.29, 1.82) is 0 Å². The van der Waals surface area contributed by atoms with Crippen molar-refractivity contribution in [3.63, 3.8) is 0 Å². The van der Waals surface area contributed by atoms with Crippen LogP contribution in [0.25, 0.3) is 0 Å². The van der Waals surface area contributed by atoms with Gasteiger partial charge in [-0.05, 0) is 56.1 Å². The van der Waals surface area contributed by atoms with Crippen LogP contribution >= 0.6 is 0 Å². The summed E-state index contributed by atoms with van der Waals surface area (Å²) in [7, 11) is 0. The van der Waals surface area contributed by atoms with Crippen LogP contribution in [0.4, 0.5) is 0 Å². The van der Waals surface area contributed by atoms with Gasteiger partial charge in [0.25, 0.3) is 0 Å². The summed E-state index contributed by atoms with van der Waals surface area (Å²) in [6, 6.07) is 0. The van der Waals surface area contributed by atoms with Gasteiger partial charge in [0.2, 0.25) is 0 Å². The van der Waals surface area contributed by atoms with Gasteiger partial charge in [0, 0.05) is 31.6 Å². The summed E-state index contributed by atoms with van der Waals surface area (Å²) in [5, 5.41) is 22.7. The second kappa shape index (κ2) is 9.51. The molecule has 0 aromatic carbocycles. The number of ether oxygens (including phenoxy) is 3. The fourth-order valence-corrected chi connectivity index (χ4v) is 6.03. The van der Waals surface area contributed by atoms with Gasteiger partial charge in [-0.3, -0.25) is 9.59 Å². The fourth-order valence-electron chi connectivity index (χ4n) is 6.03. The maximum absolute atomic E-state index is 12.6. The maximum Gasteiger partial charge on any atom is 0.306 e. The van der Waals surface area contributed by atoms with Gasteiger partial charge in [-0.15, -0.1) is 0 Å². The first-order chi connectivity index (χ1) is 15.3. The molecule has 2 N–H and O–H groups in total. The lowest BCUT2D eigenvalue weighted by molar-refractivity contribution is -0.308. The van der Waals surface area contributed by atoms with Gasteiger partial charge in [0.05, 0.1) is 6.10 Å². The van der Waals surface area contributed by atoms with Gasteiger partial charge in [-0.1, -0.05) is 33.4 Å². The minimum absolute atomic E-state index is 0.0251. The van der Waals surface area contributed by atoms with Crippen LogP contribution in [0.2, 0.25) is 0 Å². The van der Waals surface area contributed by atoms with Crippen LogP contribution in [0.3, 0.4) is 0 Å². The van der Waals surface area contributed by atoms with Crippen molar-refractivity contribution in [3.8, 4) is 0 Å². The lowest BCUT2D eigenvalue weighted by Gasteiger charge is -2.57. The third kappa shape index (κ3) is 4.91. The Morgan fingerprint density at radius 1 is 1.33 bits per heavy atom. The molecule has 1 saturated heterocycles. The lowest BCUT2D eigenvalue weighted by atomic mass is 9.57. The monoisotopic (exact) mass is 464 g/mol. The molecule has 0 radical (unpaired) electrons. The molecule has 2 aliphatic heterocycles. The van der Waals surface area contributed by atoms with E-state index in [4.69, 9.17) is 14.2 Å². The van der Waals surface area contributed by atoms with Crippen molar-refractivity contribution in [2.45, 2.75) is 103 Å². The van der Waals surface area contributed by atoms with Gasteiger partial charge in [-0.2, -0.15) is 0 Å². The minimum atomic E-state index is -1.54. The van der Waals surface area contributed by atoms with Crippen molar-refractivity contribution in [2.24, 2.45) is 23.7 Å². The van der Waals surface area contributed by atoms with Gasteiger partial charge in [0.1, 0.15) is 17.8 Å². The summed E-state index contributed by atoms with van der Waals surface area (Å²) in [5.74, 6) is -2.87. The van der Waals surface area contributed by atoms with E-state index in [0.717, 1.165) is 0 Å². The lowest BCUT2D eigenvalue weighted by Crippen LogP contribution is -2.64. The molecule has 2 fully saturated rings. The van der Waals surface area contributed by atoms with Crippen LogP contribution < -0.4 is 0 Å². The Bertz CT molecular complexity index is 817. The zero-order valence-corrected chi connectivity index (χ0v) is 20.8. The Morgan fingerprint density at radius 3 is 2.58 bits per heavy atom. The van der Waals surface area contributed by atoms with E-state index >= 15 is 0 Å². The number of rotatable bonds is 5. The van der Waals surface area contributed by atoms with Gasteiger partial charge >= 0.3 is 11.9 Å². The predicted octanol–water partition coefficient (Wildman–Crippen LogP) is 3.67. The molecule has 2 heterocycles.